The van der Waals surface area contributed by atoms with E-state index in [9.17, 15) is 14.0 Å². The van der Waals surface area contributed by atoms with Gasteiger partial charge in [-0.25, -0.2) is 9.37 Å². The Labute approximate surface area is 724 Å². The quantitative estimate of drug-likeness (QED) is 0.154. The molecule has 0 unspecified atom stereocenters. The first-order chi connectivity index (χ1) is 57.9. The number of aromatic nitrogens is 14. The molecular weight excluding hydrogens is 1520 g/mol. The summed E-state index contributed by atoms with van der Waals surface area (Å²) in [6.45, 7) is 46.4. The third-order valence-electron chi connectivity index (χ3n) is 22.7. The number of nitrogens with zero attached hydrogens (tertiary/aromatic N) is 14. The zero-order valence-corrected chi connectivity index (χ0v) is 76.8. The van der Waals surface area contributed by atoms with Crippen LogP contribution >= 0.6 is 0 Å². The number of pyridine rings is 5. The van der Waals surface area contributed by atoms with E-state index in [0.29, 0.717) is 29.9 Å². The van der Waals surface area contributed by atoms with Crippen molar-refractivity contribution in [2.75, 3.05) is 11.9 Å². The normalized spacial score (nSPS) is 12.5. The van der Waals surface area contributed by atoms with Gasteiger partial charge in [-0.1, -0.05) is 210 Å². The molecular formula is C104H121FN16O2. The topological polar surface area (TPSA) is 201 Å². The van der Waals surface area contributed by atoms with Gasteiger partial charge in [0, 0.05) is 157 Å². The molecule has 636 valence electrons. The largest absolute Gasteiger partial charge is 0.361 e. The van der Waals surface area contributed by atoms with Gasteiger partial charge in [0.15, 0.2) is 0 Å². The van der Waals surface area contributed by atoms with Gasteiger partial charge in [-0.2, -0.15) is 20.4 Å². The number of fused-ring (bicyclic) bond motifs is 6. The number of benzene rings is 6. The molecule has 1 aliphatic heterocycles. The number of aromatic amines is 1. The average molecular weight is 1650 g/mol. The van der Waals surface area contributed by atoms with E-state index >= 15 is 0 Å². The maximum absolute atomic E-state index is 14.2. The number of amides is 2. The summed E-state index contributed by atoms with van der Waals surface area (Å²) in [5.74, 6) is -0.360. The van der Waals surface area contributed by atoms with Gasteiger partial charge in [0.1, 0.15) is 11.5 Å². The van der Waals surface area contributed by atoms with Crippen molar-refractivity contribution < 1.29 is 14.0 Å². The second-order valence-electron chi connectivity index (χ2n) is 38.4. The van der Waals surface area contributed by atoms with Gasteiger partial charge in [0.05, 0.1) is 66.7 Å². The molecule has 0 bridgehead atoms. The zero-order valence-electron chi connectivity index (χ0n) is 76.8. The number of hydrogen-bond acceptors (Lipinski definition) is 11. The van der Waals surface area contributed by atoms with Crippen LogP contribution in [0.2, 0.25) is 0 Å². The summed E-state index contributed by atoms with van der Waals surface area (Å²) in [6, 6.07) is 43.3. The Bertz CT molecular complexity index is 6370. The first-order valence-corrected chi connectivity index (χ1v) is 42.3. The molecule has 2 N–H and O–H groups in total. The van der Waals surface area contributed by atoms with Crippen LogP contribution in [0.5, 0.6) is 0 Å². The van der Waals surface area contributed by atoms with Crippen molar-refractivity contribution >= 4 is 71.5 Å². The SMILES string of the molecule is CCc1cncc2c(C(C)(C)C)cccc12.CNC(=O)c1ccc(N2Cc3cccc(C(C)(C)C)c3CC2=O)cn1.Cc1c(-c2cc3cccc(C(C)(C)C)c3cn2)cnn1C.Cc1ccc2cc(-c3cnn(C)c3)ncc2c1C(C)(C)C.Cn1cc(-c2cc3ccc(F)c(C(C)(C)C)c3cn2)cn1.Cn1cc(-c2ccc3[nH]cc(C(C)(C)C)c3c2)cn1. The fourth-order valence-corrected chi connectivity index (χ4v) is 16.3. The maximum atomic E-state index is 14.2. The highest BCUT2D eigenvalue weighted by Crippen LogP contribution is 2.40. The van der Waals surface area contributed by atoms with Crippen molar-refractivity contribution in [1.29, 1.82) is 0 Å². The summed E-state index contributed by atoms with van der Waals surface area (Å²) in [7, 11) is 9.26. The van der Waals surface area contributed by atoms with Gasteiger partial charge >= 0.3 is 0 Å². The van der Waals surface area contributed by atoms with Crippen LogP contribution in [-0.4, -0.2) is 87.9 Å². The first-order valence-electron chi connectivity index (χ1n) is 42.3. The van der Waals surface area contributed by atoms with E-state index in [4.69, 9.17) is 0 Å². The molecule has 18 nitrogen and oxygen atoms in total. The van der Waals surface area contributed by atoms with Crippen LogP contribution in [-0.2, 0) is 84.9 Å². The predicted molar refractivity (Wildman–Crippen MR) is 504 cm³/mol. The van der Waals surface area contributed by atoms with Crippen LogP contribution in [0, 0.1) is 19.7 Å². The third-order valence-corrected chi connectivity index (χ3v) is 22.7. The highest BCUT2D eigenvalue weighted by Gasteiger charge is 2.31. The standard InChI is InChI=1S/C20H23N3O2.2C18H21N3.C17H18FN3.C16H19N3.C15H19N/c1-20(2,3)16-7-5-6-13-12-23(18(24)10-15(13)16)14-8-9-17(22-11-14)19(25)21-4;1-12-6-7-13-8-16(14-9-20-21(5)11-14)19-10-15(13)17(12)18(2,3)4;1-12-14(11-20-21(12)5)17-9-13-7-6-8-16(18(2,3)4)15(13)10-19-17;1-17(2,3)16-13-9-19-15(12-8-20-21(4)10-12)7-11(13)5-6-14(16)18;1-16(2,3)14-9-17-15-6-5-11(7-13(14)15)12-8-18-19(4)10-12;1-5-11-9-16-10-13-12(11)7-6-8-14(13)15(2,3)4/h5-9,11H,10,12H2,1-4H3,(H,21,25);2*6-11H,1-5H3;5-10H,1-4H3;5-10,17H,1-4H3;6-10H,5H2,1-4H3. The smallest absolute Gasteiger partial charge is 0.269 e. The molecule has 0 atom stereocenters. The third kappa shape index (κ3) is 20.4. The Morgan fingerprint density at radius 3 is 1.53 bits per heavy atom. The zero-order chi connectivity index (χ0) is 89.2. The maximum Gasteiger partial charge on any atom is 0.269 e. The number of aryl methyl sites for hydroxylation is 6. The number of carbonyl (C=O) groups excluding carboxylic acids is 2. The minimum Gasteiger partial charge on any atom is -0.361 e. The van der Waals surface area contributed by atoms with E-state index < -0.39 is 0 Å². The Hall–Kier alpha value is -12.6. The number of H-pyrrole nitrogens is 1. The van der Waals surface area contributed by atoms with Crippen LogP contribution in [0.4, 0.5) is 10.1 Å². The molecule has 123 heavy (non-hydrogen) atoms. The first kappa shape index (κ1) is 89.6. The Balaban J connectivity index is 0.000000135. The van der Waals surface area contributed by atoms with Crippen molar-refractivity contribution in [3.05, 3.63) is 287 Å². The van der Waals surface area contributed by atoms with Crippen LogP contribution in [0.1, 0.15) is 203 Å². The molecule has 6 aromatic carbocycles. The van der Waals surface area contributed by atoms with Gasteiger partial charge in [0.2, 0.25) is 5.91 Å². The Morgan fingerprint density at radius 2 is 0.992 bits per heavy atom. The monoisotopic (exact) mass is 1640 g/mol. The van der Waals surface area contributed by atoms with Gasteiger partial charge in [-0.3, -0.25) is 48.3 Å². The van der Waals surface area contributed by atoms with Crippen LogP contribution in [0.3, 0.4) is 0 Å². The summed E-state index contributed by atoms with van der Waals surface area (Å²) < 4.78 is 21.5. The number of hydrogen-bond donors (Lipinski definition) is 2. The number of halogens is 1. The molecule has 0 spiro atoms. The predicted octanol–water partition coefficient (Wildman–Crippen LogP) is 23.3. The van der Waals surface area contributed by atoms with Crippen molar-refractivity contribution in [1.82, 2.24) is 74.3 Å². The van der Waals surface area contributed by atoms with Crippen LogP contribution < -0.4 is 10.2 Å². The van der Waals surface area contributed by atoms with Crippen molar-refractivity contribution in [2.45, 2.75) is 197 Å². The molecule has 0 fully saturated rings. The molecule has 17 rings (SSSR count). The lowest BCUT2D eigenvalue weighted by Gasteiger charge is -2.32. The van der Waals surface area contributed by atoms with Crippen molar-refractivity contribution in [3.8, 4) is 44.9 Å². The van der Waals surface area contributed by atoms with E-state index in [2.05, 4.69) is 284 Å². The molecule has 0 saturated heterocycles. The van der Waals surface area contributed by atoms with Crippen molar-refractivity contribution in [2.24, 2.45) is 28.2 Å². The van der Waals surface area contributed by atoms with Crippen LogP contribution in [0.15, 0.2) is 214 Å². The van der Waals surface area contributed by atoms with E-state index in [1.807, 2.05) is 126 Å². The van der Waals surface area contributed by atoms with E-state index in [1.54, 1.807) is 58.1 Å². The molecule has 0 saturated carbocycles. The average Bonchev–Trinajstić information content (AvgIpc) is 1.45. The number of anilines is 1. The Kier molecular flexibility index (Phi) is 26.1. The van der Waals surface area contributed by atoms with E-state index in [1.165, 1.54) is 99.4 Å². The second kappa shape index (κ2) is 35.8. The fraction of sp³-hybridized carbons (Fsp3) is 0.337. The molecule has 16 aromatic rings. The summed E-state index contributed by atoms with van der Waals surface area (Å²) in [4.78, 5) is 51.8. The lowest BCUT2D eigenvalue weighted by atomic mass is 9.80. The number of carbonyl (C=O) groups is 2. The minimum atomic E-state index is -0.263. The highest BCUT2D eigenvalue weighted by molar-refractivity contribution is 5.98. The summed E-state index contributed by atoms with van der Waals surface area (Å²) in [5, 5.41) is 30.2. The lowest BCUT2D eigenvalue weighted by molar-refractivity contribution is -0.118. The molecule has 0 aliphatic carbocycles. The summed E-state index contributed by atoms with van der Waals surface area (Å²) >= 11 is 0. The molecule has 11 heterocycles. The number of nitrogens with one attached hydrogen (secondary N) is 2. The number of rotatable bonds is 7. The molecule has 2 amide bonds. The lowest BCUT2D eigenvalue weighted by Crippen LogP contribution is -2.37. The Morgan fingerprint density at radius 1 is 0.463 bits per heavy atom. The second-order valence-corrected chi connectivity index (χ2v) is 38.4. The summed E-state index contributed by atoms with van der Waals surface area (Å²) in [5.41, 5.74) is 24.3. The van der Waals surface area contributed by atoms with Crippen molar-refractivity contribution in [3.63, 3.8) is 0 Å². The molecule has 10 aromatic heterocycles. The molecule has 0 radical (unpaired) electrons. The highest BCUT2D eigenvalue weighted by atomic mass is 19.1. The molecule has 19 heteroatoms. The van der Waals surface area contributed by atoms with E-state index in [-0.39, 0.29) is 50.1 Å². The van der Waals surface area contributed by atoms with Gasteiger partial charge in [0.25, 0.3) is 5.91 Å². The summed E-state index contributed by atoms with van der Waals surface area (Å²) in [6.07, 6.45) is 28.3. The van der Waals surface area contributed by atoms with Gasteiger partial charge < -0.3 is 15.2 Å². The van der Waals surface area contributed by atoms with E-state index in [0.717, 1.165) is 67.8 Å². The van der Waals surface area contributed by atoms with Crippen LogP contribution in [0.25, 0.3) is 98.9 Å². The fourth-order valence-electron chi connectivity index (χ4n) is 16.3. The van der Waals surface area contributed by atoms with Gasteiger partial charge in [-0.15, -0.1) is 0 Å². The van der Waals surface area contributed by atoms with Gasteiger partial charge in [-0.05, 0) is 178 Å². The minimum absolute atomic E-state index is 0.00448. The molecule has 1 aliphatic rings.